The van der Waals surface area contributed by atoms with E-state index in [0.717, 1.165) is 32.4 Å². The molecule has 1 aliphatic rings. The van der Waals surface area contributed by atoms with Crippen LogP contribution < -0.4 is 16.1 Å². The van der Waals surface area contributed by atoms with Gasteiger partial charge in [-0.25, -0.2) is 5.48 Å². The van der Waals surface area contributed by atoms with Gasteiger partial charge in [0.25, 0.3) is 0 Å². The average molecular weight is 313 g/mol. The molecule has 22 heavy (non-hydrogen) atoms. The first kappa shape index (κ1) is 19.1. The van der Waals surface area contributed by atoms with Crippen LogP contribution in [0.3, 0.4) is 0 Å². The second-order valence-electron chi connectivity index (χ2n) is 6.11. The maximum absolute atomic E-state index is 12.6. The molecule has 0 aromatic heterocycles. The number of hydrogen-bond acceptors (Lipinski definition) is 5. The molecule has 1 aliphatic heterocycles. The molecule has 0 saturated carbocycles. The van der Waals surface area contributed by atoms with Crippen molar-refractivity contribution in [3.05, 3.63) is 0 Å². The van der Waals surface area contributed by atoms with Gasteiger partial charge in [0.1, 0.15) is 0 Å². The highest BCUT2D eigenvalue weighted by atomic mass is 16.5. The molecule has 1 heterocycles. The molecule has 1 amide bonds. The van der Waals surface area contributed by atoms with E-state index in [1.54, 1.807) is 5.48 Å². The third kappa shape index (κ3) is 7.33. The van der Waals surface area contributed by atoms with E-state index in [0.29, 0.717) is 6.54 Å². The van der Waals surface area contributed by atoms with Gasteiger partial charge in [-0.05, 0) is 6.42 Å². The number of rotatable bonds is 11. The summed E-state index contributed by atoms with van der Waals surface area (Å²) in [5, 5.41) is 15.1. The molecule has 6 heteroatoms. The van der Waals surface area contributed by atoms with Gasteiger partial charge in [-0.3, -0.25) is 14.8 Å². The Bertz CT molecular complexity index is 331. The number of amides is 1. The van der Waals surface area contributed by atoms with E-state index < -0.39 is 5.91 Å². The molecule has 0 bridgehead atoms. The van der Waals surface area contributed by atoms with Crippen LogP contribution in [0.2, 0.25) is 0 Å². The lowest BCUT2D eigenvalue weighted by Crippen LogP contribution is -2.54. The van der Waals surface area contributed by atoms with Crippen molar-refractivity contribution in [3.63, 3.8) is 0 Å². The van der Waals surface area contributed by atoms with Gasteiger partial charge in [-0.2, -0.15) is 0 Å². The van der Waals surface area contributed by atoms with Crippen molar-refractivity contribution < 1.29 is 14.8 Å². The zero-order chi connectivity index (χ0) is 16.2. The summed E-state index contributed by atoms with van der Waals surface area (Å²) in [6.45, 7) is 4.44. The lowest BCUT2D eigenvalue weighted by molar-refractivity contribution is -0.135. The molecule has 2 atom stereocenters. The van der Waals surface area contributed by atoms with Crippen LogP contribution in [-0.4, -0.2) is 42.6 Å². The highest BCUT2D eigenvalue weighted by molar-refractivity contribution is 5.90. The van der Waals surface area contributed by atoms with E-state index in [4.69, 9.17) is 5.21 Å². The molecule has 6 nitrogen and oxygen atoms in total. The van der Waals surface area contributed by atoms with Crippen LogP contribution in [0, 0.1) is 5.92 Å². The zero-order valence-electron chi connectivity index (χ0n) is 13.7. The van der Waals surface area contributed by atoms with E-state index in [2.05, 4.69) is 17.6 Å². The van der Waals surface area contributed by atoms with Crippen LogP contribution in [0.15, 0.2) is 0 Å². The SMILES string of the molecule is CCCCCCCC[C@H](CC(=O)NO)C(=O)[C@@H]1CNCCN1. The topological polar surface area (TPSA) is 90.5 Å². The summed E-state index contributed by atoms with van der Waals surface area (Å²) in [4.78, 5) is 24.0. The second-order valence-corrected chi connectivity index (χ2v) is 6.11. The molecule has 4 N–H and O–H groups in total. The highest BCUT2D eigenvalue weighted by Crippen LogP contribution is 2.18. The van der Waals surface area contributed by atoms with Crippen molar-refractivity contribution in [1.29, 1.82) is 0 Å². The molecule has 1 saturated heterocycles. The number of ketones is 1. The van der Waals surface area contributed by atoms with Crippen molar-refractivity contribution in [2.24, 2.45) is 5.92 Å². The fraction of sp³-hybridized carbons (Fsp3) is 0.875. The van der Waals surface area contributed by atoms with Crippen LogP contribution in [0.1, 0.15) is 58.3 Å². The molecule has 1 fully saturated rings. The maximum Gasteiger partial charge on any atom is 0.244 e. The number of Topliss-reactive ketones (excluding diaryl/α,β-unsaturated/α-hetero) is 1. The Morgan fingerprint density at radius 2 is 1.91 bits per heavy atom. The number of unbranched alkanes of at least 4 members (excludes halogenated alkanes) is 5. The number of carbonyl (C=O) groups excluding carboxylic acids is 2. The molecule has 128 valence electrons. The summed E-state index contributed by atoms with van der Waals surface area (Å²) in [5.74, 6) is -0.701. The van der Waals surface area contributed by atoms with Crippen LogP contribution in [0.5, 0.6) is 0 Å². The lowest BCUT2D eigenvalue weighted by Gasteiger charge is -2.27. The third-order valence-electron chi connectivity index (χ3n) is 4.25. The van der Waals surface area contributed by atoms with Crippen LogP contribution >= 0.6 is 0 Å². The molecule has 0 unspecified atom stereocenters. The number of piperazine rings is 1. The molecular weight excluding hydrogens is 282 g/mol. The summed E-state index contributed by atoms with van der Waals surface area (Å²) < 4.78 is 0. The summed E-state index contributed by atoms with van der Waals surface area (Å²) >= 11 is 0. The molecule has 0 aliphatic carbocycles. The Morgan fingerprint density at radius 1 is 1.18 bits per heavy atom. The highest BCUT2D eigenvalue weighted by Gasteiger charge is 2.29. The standard InChI is InChI=1S/C16H31N3O3/c1-2-3-4-5-6-7-8-13(11-15(20)19-22)16(21)14-12-17-9-10-18-14/h13-14,17-18,22H,2-12H2,1H3,(H,19,20)/t13-,14+/m1/s1. The monoisotopic (exact) mass is 313 g/mol. The molecule has 0 aromatic rings. The third-order valence-corrected chi connectivity index (χ3v) is 4.25. The predicted octanol–water partition coefficient (Wildman–Crippen LogP) is 1.38. The molecule has 1 rings (SSSR count). The van der Waals surface area contributed by atoms with Crippen molar-refractivity contribution in [2.75, 3.05) is 19.6 Å². The van der Waals surface area contributed by atoms with Crippen molar-refractivity contribution in [2.45, 2.75) is 64.3 Å². The Morgan fingerprint density at radius 3 is 2.55 bits per heavy atom. The first-order valence-electron chi connectivity index (χ1n) is 8.59. The average Bonchev–Trinajstić information content (AvgIpc) is 2.56. The van der Waals surface area contributed by atoms with E-state index in [1.165, 1.54) is 25.7 Å². The minimum atomic E-state index is -0.479. The molecule has 0 radical (unpaired) electrons. The first-order valence-corrected chi connectivity index (χ1v) is 8.59. The van der Waals surface area contributed by atoms with Crippen molar-refractivity contribution >= 4 is 11.7 Å². The molecular formula is C16H31N3O3. The van der Waals surface area contributed by atoms with Gasteiger partial charge in [-0.1, -0.05) is 45.4 Å². The van der Waals surface area contributed by atoms with Gasteiger partial charge in [0.2, 0.25) is 5.91 Å². The normalized spacial score (nSPS) is 19.6. The van der Waals surface area contributed by atoms with Gasteiger partial charge in [0, 0.05) is 32.0 Å². The van der Waals surface area contributed by atoms with E-state index in [1.807, 2.05) is 0 Å². The quantitative estimate of drug-likeness (QED) is 0.263. The summed E-state index contributed by atoms with van der Waals surface area (Å²) in [5.41, 5.74) is 1.64. The predicted molar refractivity (Wildman–Crippen MR) is 85.7 cm³/mol. The van der Waals surface area contributed by atoms with Gasteiger partial charge >= 0.3 is 0 Å². The second kappa shape index (κ2) is 11.6. The van der Waals surface area contributed by atoms with Gasteiger partial charge < -0.3 is 10.6 Å². The number of carbonyl (C=O) groups is 2. The van der Waals surface area contributed by atoms with Crippen molar-refractivity contribution in [3.8, 4) is 0 Å². The van der Waals surface area contributed by atoms with E-state index >= 15 is 0 Å². The minimum absolute atomic E-state index is 0.0719. The van der Waals surface area contributed by atoms with Crippen molar-refractivity contribution in [1.82, 2.24) is 16.1 Å². The molecule has 0 spiro atoms. The fourth-order valence-corrected chi connectivity index (χ4v) is 2.92. The Kier molecular flexibility index (Phi) is 10.0. The zero-order valence-corrected chi connectivity index (χ0v) is 13.7. The van der Waals surface area contributed by atoms with Gasteiger partial charge in [0.15, 0.2) is 5.78 Å². The summed E-state index contributed by atoms with van der Waals surface area (Å²) in [7, 11) is 0. The van der Waals surface area contributed by atoms with Gasteiger partial charge in [-0.15, -0.1) is 0 Å². The number of hydroxylamine groups is 1. The van der Waals surface area contributed by atoms with Gasteiger partial charge in [0.05, 0.1) is 6.04 Å². The molecule has 0 aromatic carbocycles. The number of nitrogens with one attached hydrogen (secondary N) is 3. The largest absolute Gasteiger partial charge is 0.313 e. The summed E-state index contributed by atoms with van der Waals surface area (Å²) in [6, 6.07) is -0.217. The van der Waals surface area contributed by atoms with Crippen LogP contribution in [0.25, 0.3) is 0 Å². The lowest BCUT2D eigenvalue weighted by atomic mass is 9.88. The number of hydrogen-bond donors (Lipinski definition) is 4. The minimum Gasteiger partial charge on any atom is -0.313 e. The first-order chi connectivity index (χ1) is 10.7. The Labute approximate surface area is 133 Å². The van der Waals surface area contributed by atoms with Crippen LogP contribution in [0.4, 0.5) is 0 Å². The summed E-state index contributed by atoms with van der Waals surface area (Å²) in [6.07, 6.45) is 7.74. The Hall–Kier alpha value is -0.980. The Balaban J connectivity index is 2.40. The van der Waals surface area contributed by atoms with E-state index in [-0.39, 0.29) is 24.2 Å². The maximum atomic E-state index is 12.6. The fourth-order valence-electron chi connectivity index (χ4n) is 2.92. The van der Waals surface area contributed by atoms with E-state index in [9.17, 15) is 9.59 Å². The smallest absolute Gasteiger partial charge is 0.244 e. The van der Waals surface area contributed by atoms with Crippen LogP contribution in [-0.2, 0) is 9.59 Å².